The summed E-state index contributed by atoms with van der Waals surface area (Å²) in [5.74, 6) is 4.53. The van der Waals surface area contributed by atoms with E-state index in [1.165, 1.54) is 102 Å². The van der Waals surface area contributed by atoms with Gasteiger partial charge in [-0.2, -0.15) is 0 Å². The van der Waals surface area contributed by atoms with Crippen molar-refractivity contribution >= 4 is 5.78 Å². The number of phenols is 1. The predicted molar refractivity (Wildman–Crippen MR) is 154 cm³/mol. The lowest BCUT2D eigenvalue weighted by Crippen LogP contribution is -2.29. The normalized spacial score (nSPS) is 29.9. The number of ether oxygens (including phenoxy) is 1. The van der Waals surface area contributed by atoms with Crippen LogP contribution in [0.4, 0.5) is 8.78 Å². The number of aromatic hydroxyl groups is 1. The predicted octanol–water partition coefficient (Wildman–Crippen LogP) is 10.3. The number of ketones is 1. The standard InChI is InChI=1S/C34H52F2O3/c1-3-6-23-9-13-25(14-10-23)27-17-19-28(20-18-27)26-15-11-24(12-16-26)7-5-8-30(37)29-21-22-31(39-4-2)32(33(29)38)34(35)36/h21-28,34,38H,3-20H2,1-2H3. The molecule has 1 aromatic carbocycles. The second-order valence-corrected chi connectivity index (χ2v) is 12.9. The van der Waals surface area contributed by atoms with Gasteiger partial charge in [0.25, 0.3) is 6.43 Å². The summed E-state index contributed by atoms with van der Waals surface area (Å²) < 4.78 is 32.2. The Balaban J connectivity index is 1.15. The van der Waals surface area contributed by atoms with Crippen LogP contribution in [0.2, 0.25) is 0 Å². The van der Waals surface area contributed by atoms with E-state index in [-0.39, 0.29) is 30.1 Å². The van der Waals surface area contributed by atoms with E-state index in [0.717, 1.165) is 42.4 Å². The minimum atomic E-state index is -2.89. The second kappa shape index (κ2) is 14.8. The maximum absolute atomic E-state index is 13.5. The molecule has 3 aliphatic carbocycles. The average Bonchev–Trinajstić information content (AvgIpc) is 2.94. The van der Waals surface area contributed by atoms with Crippen LogP contribution in [-0.2, 0) is 0 Å². The molecule has 0 saturated heterocycles. The summed E-state index contributed by atoms with van der Waals surface area (Å²) in [5.41, 5.74) is -0.587. The van der Waals surface area contributed by atoms with Gasteiger partial charge in [0.2, 0.25) is 0 Å². The summed E-state index contributed by atoms with van der Waals surface area (Å²) in [5, 5.41) is 10.4. The molecule has 5 heteroatoms. The molecular weight excluding hydrogens is 494 g/mol. The van der Waals surface area contributed by atoms with Gasteiger partial charge >= 0.3 is 0 Å². The van der Waals surface area contributed by atoms with Gasteiger partial charge in [0.1, 0.15) is 17.1 Å². The number of benzene rings is 1. The van der Waals surface area contributed by atoms with Gasteiger partial charge in [-0.25, -0.2) is 8.78 Å². The fourth-order valence-electron chi connectivity index (χ4n) is 8.39. The third kappa shape index (κ3) is 7.97. The van der Waals surface area contributed by atoms with E-state index in [1.807, 2.05) is 0 Å². The number of rotatable bonds is 12. The molecule has 3 fully saturated rings. The summed E-state index contributed by atoms with van der Waals surface area (Å²) in [6.07, 6.45) is 18.8. The van der Waals surface area contributed by atoms with Crippen molar-refractivity contribution in [3.05, 3.63) is 23.3 Å². The number of Topliss-reactive ketones (excluding diaryl/α,β-unsaturated/α-hetero) is 1. The monoisotopic (exact) mass is 546 g/mol. The van der Waals surface area contributed by atoms with Crippen LogP contribution in [0.5, 0.6) is 11.5 Å². The zero-order chi connectivity index (χ0) is 27.8. The number of phenolic OH excluding ortho intramolecular Hbond substituents is 1. The van der Waals surface area contributed by atoms with Crippen LogP contribution >= 0.6 is 0 Å². The van der Waals surface area contributed by atoms with E-state index in [1.54, 1.807) is 6.92 Å². The van der Waals surface area contributed by atoms with Crippen molar-refractivity contribution in [1.82, 2.24) is 0 Å². The highest BCUT2D eigenvalue weighted by atomic mass is 19.3. The number of carbonyl (C=O) groups excluding carboxylic acids is 1. The Morgan fingerprint density at radius 3 is 1.77 bits per heavy atom. The van der Waals surface area contributed by atoms with Crippen molar-refractivity contribution in [2.45, 2.75) is 129 Å². The highest BCUT2D eigenvalue weighted by molar-refractivity contribution is 5.99. The van der Waals surface area contributed by atoms with Crippen molar-refractivity contribution in [3.63, 3.8) is 0 Å². The van der Waals surface area contributed by atoms with E-state index in [0.29, 0.717) is 5.92 Å². The fourth-order valence-corrected chi connectivity index (χ4v) is 8.39. The summed E-state index contributed by atoms with van der Waals surface area (Å²) in [6, 6.07) is 2.80. The molecule has 1 N–H and O–H groups in total. The zero-order valence-electron chi connectivity index (χ0n) is 24.4. The molecule has 0 heterocycles. The molecule has 0 aliphatic heterocycles. The summed E-state index contributed by atoms with van der Waals surface area (Å²) in [7, 11) is 0. The van der Waals surface area contributed by atoms with Gasteiger partial charge in [-0.3, -0.25) is 4.79 Å². The fraction of sp³-hybridized carbons (Fsp3) is 0.794. The first-order valence-corrected chi connectivity index (χ1v) is 16.2. The smallest absolute Gasteiger partial charge is 0.271 e. The Kier molecular flexibility index (Phi) is 11.5. The molecule has 0 radical (unpaired) electrons. The largest absolute Gasteiger partial charge is 0.507 e. The lowest BCUT2D eigenvalue weighted by molar-refractivity contribution is 0.0958. The molecule has 0 atom stereocenters. The molecule has 0 spiro atoms. The molecule has 0 unspecified atom stereocenters. The Labute approximate surface area is 235 Å². The Bertz CT molecular complexity index is 892. The molecule has 1 aromatic rings. The molecular formula is C34H52F2O3. The minimum Gasteiger partial charge on any atom is -0.507 e. The first-order chi connectivity index (χ1) is 18.9. The van der Waals surface area contributed by atoms with Crippen molar-refractivity contribution in [1.29, 1.82) is 0 Å². The van der Waals surface area contributed by atoms with E-state index in [4.69, 9.17) is 4.74 Å². The van der Waals surface area contributed by atoms with Gasteiger partial charge in [0.05, 0.1) is 12.2 Å². The van der Waals surface area contributed by atoms with Crippen LogP contribution in [0.15, 0.2) is 12.1 Å². The van der Waals surface area contributed by atoms with Gasteiger partial charge in [0.15, 0.2) is 5.78 Å². The average molecular weight is 547 g/mol. The molecule has 0 aromatic heterocycles. The maximum Gasteiger partial charge on any atom is 0.271 e. The minimum absolute atomic E-state index is 0.0120. The molecule has 3 nitrogen and oxygen atoms in total. The number of carbonyl (C=O) groups is 1. The summed E-state index contributed by atoms with van der Waals surface area (Å²) >= 11 is 0. The SMILES string of the molecule is CCCC1CCC(C2CCC(C3CCC(CCCC(=O)c4ccc(OCC)c(C(F)F)c4O)CC3)CC2)CC1. The van der Waals surface area contributed by atoms with Gasteiger partial charge in [-0.05, 0) is 112 Å². The maximum atomic E-state index is 13.5. The summed E-state index contributed by atoms with van der Waals surface area (Å²) in [6.45, 7) is 4.24. The number of alkyl halides is 2. The van der Waals surface area contributed by atoms with E-state index < -0.39 is 17.7 Å². The topological polar surface area (TPSA) is 46.5 Å². The van der Waals surface area contributed by atoms with E-state index in [2.05, 4.69) is 6.92 Å². The highest BCUT2D eigenvalue weighted by Crippen LogP contribution is 2.47. The third-order valence-electron chi connectivity index (χ3n) is 10.6. The molecule has 4 rings (SSSR count). The lowest BCUT2D eigenvalue weighted by Gasteiger charge is -2.41. The highest BCUT2D eigenvalue weighted by Gasteiger charge is 2.34. The van der Waals surface area contributed by atoms with Gasteiger partial charge in [-0.1, -0.05) is 51.9 Å². The number of hydrogen-bond donors (Lipinski definition) is 1. The van der Waals surface area contributed by atoms with Crippen LogP contribution in [-0.4, -0.2) is 17.5 Å². The van der Waals surface area contributed by atoms with E-state index >= 15 is 0 Å². The lowest BCUT2D eigenvalue weighted by atomic mass is 9.64. The van der Waals surface area contributed by atoms with E-state index in [9.17, 15) is 18.7 Å². The molecule has 0 bridgehead atoms. The second-order valence-electron chi connectivity index (χ2n) is 12.9. The first-order valence-electron chi connectivity index (χ1n) is 16.2. The molecule has 3 saturated carbocycles. The Morgan fingerprint density at radius 2 is 1.31 bits per heavy atom. The van der Waals surface area contributed by atoms with Crippen molar-refractivity contribution < 1.29 is 23.4 Å². The van der Waals surface area contributed by atoms with Crippen LogP contribution in [0.25, 0.3) is 0 Å². The first kappa shape index (κ1) is 30.3. The third-order valence-corrected chi connectivity index (χ3v) is 10.6. The molecule has 0 amide bonds. The molecule has 3 aliphatic rings. The van der Waals surface area contributed by atoms with Gasteiger partial charge in [-0.15, -0.1) is 0 Å². The van der Waals surface area contributed by atoms with Crippen LogP contribution in [0, 0.1) is 35.5 Å². The molecule has 39 heavy (non-hydrogen) atoms. The van der Waals surface area contributed by atoms with Crippen LogP contribution in [0.1, 0.15) is 145 Å². The quantitative estimate of drug-likeness (QED) is 0.265. The number of halogens is 2. The van der Waals surface area contributed by atoms with Crippen LogP contribution in [0.3, 0.4) is 0 Å². The van der Waals surface area contributed by atoms with Crippen LogP contribution < -0.4 is 4.74 Å². The van der Waals surface area contributed by atoms with Crippen molar-refractivity contribution in [2.24, 2.45) is 35.5 Å². The molecule has 220 valence electrons. The van der Waals surface area contributed by atoms with Gasteiger partial charge < -0.3 is 9.84 Å². The Hall–Kier alpha value is -1.65. The zero-order valence-corrected chi connectivity index (χ0v) is 24.4. The number of hydrogen-bond acceptors (Lipinski definition) is 3. The van der Waals surface area contributed by atoms with Gasteiger partial charge in [0, 0.05) is 6.42 Å². The van der Waals surface area contributed by atoms with Crippen molar-refractivity contribution in [2.75, 3.05) is 6.61 Å². The summed E-state index contributed by atoms with van der Waals surface area (Å²) in [4.78, 5) is 12.8. The Morgan fingerprint density at radius 1 is 0.821 bits per heavy atom. The van der Waals surface area contributed by atoms with Crippen molar-refractivity contribution in [3.8, 4) is 11.5 Å².